The van der Waals surface area contributed by atoms with E-state index in [1.807, 2.05) is 30.3 Å². The van der Waals surface area contributed by atoms with Crippen molar-refractivity contribution in [3.63, 3.8) is 0 Å². The quantitative estimate of drug-likeness (QED) is 0.138. The number of benzene rings is 2. The lowest BCUT2D eigenvalue weighted by Gasteiger charge is -2.15. The van der Waals surface area contributed by atoms with Gasteiger partial charge in [0.25, 0.3) is 0 Å². The molecule has 37 heavy (non-hydrogen) atoms. The Hall–Kier alpha value is -3.03. The number of hydrogen-bond donors (Lipinski definition) is 2. The van der Waals surface area contributed by atoms with Gasteiger partial charge in [0.05, 0.1) is 5.52 Å². The van der Waals surface area contributed by atoms with Crippen molar-refractivity contribution in [1.82, 2.24) is 20.5 Å². The molecule has 0 saturated heterocycles. The van der Waals surface area contributed by atoms with Gasteiger partial charge in [0.1, 0.15) is 6.61 Å². The van der Waals surface area contributed by atoms with Crippen LogP contribution in [0.1, 0.15) is 62.0 Å². The Morgan fingerprint density at radius 2 is 1.92 bits per heavy atom. The second-order valence-electron chi connectivity index (χ2n) is 9.08. The zero-order chi connectivity index (χ0) is 25.9. The highest BCUT2D eigenvalue weighted by Gasteiger charge is 2.19. The number of fused-ring (bicyclic) bond motifs is 1. The van der Waals surface area contributed by atoms with E-state index in [9.17, 15) is 4.57 Å². The summed E-state index contributed by atoms with van der Waals surface area (Å²) in [6.45, 7) is 3.73. The van der Waals surface area contributed by atoms with Crippen LogP contribution in [0.2, 0.25) is 0 Å². The van der Waals surface area contributed by atoms with Gasteiger partial charge >= 0.3 is 8.25 Å². The number of hydrogen-bond acceptors (Lipinski definition) is 7. The molecule has 2 heterocycles. The van der Waals surface area contributed by atoms with Gasteiger partial charge in [-0.25, -0.2) is 0 Å². The van der Waals surface area contributed by atoms with Crippen molar-refractivity contribution >= 4 is 19.2 Å². The smallest absolute Gasteiger partial charge is 0.421 e. The maximum absolute atomic E-state index is 10.6. The normalized spacial score (nSPS) is 12.6. The first kappa shape index (κ1) is 27.0. The van der Waals surface area contributed by atoms with Crippen LogP contribution < -0.4 is 5.32 Å². The van der Waals surface area contributed by atoms with Gasteiger partial charge in [0.2, 0.25) is 11.8 Å². The van der Waals surface area contributed by atoms with Crippen LogP contribution in [0, 0.1) is 0 Å². The summed E-state index contributed by atoms with van der Waals surface area (Å²) in [5.41, 5.74) is 4.10. The third-order valence-electron chi connectivity index (χ3n) is 6.41. The number of rotatable bonds is 15. The van der Waals surface area contributed by atoms with Crippen molar-refractivity contribution in [2.75, 3.05) is 13.2 Å². The second-order valence-corrected chi connectivity index (χ2v) is 9.82. The average molecular weight is 522 g/mol. The minimum atomic E-state index is -2.54. The van der Waals surface area contributed by atoms with E-state index in [0.717, 1.165) is 28.5 Å². The largest absolute Gasteiger partial charge is 0.694 e. The molecule has 194 valence electrons. The van der Waals surface area contributed by atoms with E-state index in [1.54, 1.807) is 6.20 Å². The lowest BCUT2D eigenvalue weighted by atomic mass is 9.90. The van der Waals surface area contributed by atoms with Gasteiger partial charge in [-0.1, -0.05) is 68.7 Å². The average Bonchev–Trinajstić information content (AvgIpc) is 3.38. The number of nitrogens with zero attached hydrogens (tertiary/aromatic N) is 3. The first-order valence-corrected chi connectivity index (χ1v) is 14.0. The molecule has 0 aliphatic heterocycles. The minimum absolute atomic E-state index is 0.236. The number of pyridine rings is 1. The molecule has 0 spiro atoms. The fourth-order valence-electron chi connectivity index (χ4n) is 4.53. The van der Waals surface area contributed by atoms with Crippen molar-refractivity contribution < 1.29 is 18.4 Å². The molecule has 2 aromatic carbocycles. The molecular weight excluding hydrogens is 487 g/mol. The molecule has 0 aliphatic rings. The molecule has 2 unspecified atom stereocenters. The molecule has 9 heteroatoms. The van der Waals surface area contributed by atoms with Crippen molar-refractivity contribution in [3.8, 4) is 11.5 Å². The molecule has 4 rings (SSSR count). The summed E-state index contributed by atoms with van der Waals surface area (Å²) in [6, 6.07) is 18.5. The Bertz CT molecular complexity index is 1280. The van der Waals surface area contributed by atoms with Crippen LogP contribution in [0.25, 0.3) is 22.4 Å². The number of unbranched alkanes of at least 4 members (excludes halogenated alkanes) is 2. The minimum Gasteiger partial charge on any atom is -0.421 e. The number of nitrogens with one attached hydrogen (secondary N) is 1. The highest BCUT2D eigenvalue weighted by molar-refractivity contribution is 7.32. The molecule has 0 fully saturated rings. The summed E-state index contributed by atoms with van der Waals surface area (Å²) >= 11 is 0. The van der Waals surface area contributed by atoms with E-state index < -0.39 is 8.25 Å². The summed E-state index contributed by atoms with van der Waals surface area (Å²) in [5.74, 6) is 1.49. The Morgan fingerprint density at radius 1 is 1.05 bits per heavy atom. The van der Waals surface area contributed by atoms with E-state index >= 15 is 0 Å². The summed E-state index contributed by atoms with van der Waals surface area (Å²) in [6.07, 6.45) is 7.81. The fraction of sp³-hybridized carbons (Fsp3) is 0.393. The summed E-state index contributed by atoms with van der Waals surface area (Å²) in [7, 11) is -2.54. The van der Waals surface area contributed by atoms with Gasteiger partial charge in [-0.3, -0.25) is 4.98 Å². The van der Waals surface area contributed by atoms with E-state index in [-0.39, 0.29) is 6.61 Å². The van der Waals surface area contributed by atoms with E-state index in [4.69, 9.17) is 13.8 Å². The SMILES string of the molecule is CCCCCC(Cc1nnc(-c2ccc(CNCCCO[P+](=O)O)c3ncccc23)o1)c1ccccc1. The van der Waals surface area contributed by atoms with Crippen molar-refractivity contribution in [3.05, 3.63) is 77.8 Å². The van der Waals surface area contributed by atoms with Crippen molar-refractivity contribution in [2.45, 2.75) is 57.9 Å². The van der Waals surface area contributed by atoms with Crippen LogP contribution >= 0.6 is 8.25 Å². The molecule has 0 saturated carbocycles. The molecule has 2 atom stereocenters. The summed E-state index contributed by atoms with van der Waals surface area (Å²) < 4.78 is 21.5. The number of aromatic nitrogens is 3. The van der Waals surface area contributed by atoms with Crippen molar-refractivity contribution in [1.29, 1.82) is 0 Å². The highest BCUT2D eigenvalue weighted by Crippen LogP contribution is 2.31. The lowest BCUT2D eigenvalue weighted by molar-refractivity contribution is 0.276. The first-order chi connectivity index (χ1) is 18.2. The molecule has 2 aromatic heterocycles. The third-order valence-corrected chi connectivity index (χ3v) is 6.82. The van der Waals surface area contributed by atoms with Crippen LogP contribution in [0.4, 0.5) is 0 Å². The maximum atomic E-state index is 10.6. The van der Waals surface area contributed by atoms with Gasteiger partial charge in [-0.05, 0) is 48.6 Å². The van der Waals surface area contributed by atoms with Crippen LogP contribution in [0.3, 0.4) is 0 Å². The molecule has 0 radical (unpaired) electrons. The zero-order valence-corrected chi connectivity index (χ0v) is 22.1. The van der Waals surface area contributed by atoms with E-state index in [2.05, 4.69) is 51.7 Å². The fourth-order valence-corrected chi connectivity index (χ4v) is 4.82. The van der Waals surface area contributed by atoms with Gasteiger partial charge in [-0.15, -0.1) is 19.6 Å². The molecular formula is C28H34N4O4P+. The predicted molar refractivity (Wildman–Crippen MR) is 144 cm³/mol. The van der Waals surface area contributed by atoms with Gasteiger partial charge in [-0.2, -0.15) is 0 Å². The molecule has 0 aliphatic carbocycles. The van der Waals surface area contributed by atoms with Crippen LogP contribution in [0.5, 0.6) is 0 Å². The van der Waals surface area contributed by atoms with Crippen LogP contribution in [-0.2, 0) is 22.1 Å². The second kappa shape index (κ2) is 14.1. The molecule has 4 aromatic rings. The van der Waals surface area contributed by atoms with Gasteiger partial charge in [0.15, 0.2) is 0 Å². The molecule has 0 amide bonds. The monoisotopic (exact) mass is 521 g/mol. The van der Waals surface area contributed by atoms with Gasteiger partial charge < -0.3 is 9.73 Å². The Labute approximate surface area is 218 Å². The van der Waals surface area contributed by atoms with Crippen LogP contribution in [0.15, 0.2) is 65.2 Å². The lowest BCUT2D eigenvalue weighted by Crippen LogP contribution is -2.16. The van der Waals surface area contributed by atoms with E-state index in [0.29, 0.717) is 43.6 Å². The Kier molecular flexibility index (Phi) is 10.3. The van der Waals surface area contributed by atoms with Gasteiger partial charge in [0, 0.05) is 34.7 Å². The molecule has 0 bridgehead atoms. The van der Waals surface area contributed by atoms with Crippen molar-refractivity contribution in [2.24, 2.45) is 0 Å². The molecule has 2 N–H and O–H groups in total. The molecule has 8 nitrogen and oxygen atoms in total. The Morgan fingerprint density at radius 3 is 2.73 bits per heavy atom. The predicted octanol–water partition coefficient (Wildman–Crippen LogP) is 6.34. The standard InChI is InChI=1S/C28H33N4O4P/c1-2-3-5-12-22(21-10-6-4-7-11-21)19-26-31-32-28(36-26)25-15-14-23(27-24(25)13-8-17-30-27)20-29-16-9-18-35-37(33)34/h4,6-8,10-11,13-15,17,22,29H,2-3,5,9,12,16,18-20H2,1H3/p+1. The summed E-state index contributed by atoms with van der Waals surface area (Å²) in [5, 5.41) is 13.1. The highest BCUT2D eigenvalue weighted by atomic mass is 31.1. The first-order valence-electron chi connectivity index (χ1n) is 12.9. The third kappa shape index (κ3) is 7.73. The van der Waals surface area contributed by atoms with Crippen LogP contribution in [-0.4, -0.2) is 33.2 Å². The summed E-state index contributed by atoms with van der Waals surface area (Å²) in [4.78, 5) is 13.3. The maximum Gasteiger partial charge on any atom is 0.694 e. The Balaban J connectivity index is 1.48. The zero-order valence-electron chi connectivity index (χ0n) is 21.2. The topological polar surface area (TPSA) is 110 Å². The van der Waals surface area contributed by atoms with E-state index in [1.165, 1.54) is 24.8 Å².